The number of carbonyl (C=O) groups is 1. The Bertz CT molecular complexity index is 1360. The van der Waals surface area contributed by atoms with Crippen LogP contribution in [-0.2, 0) is 14.9 Å². The summed E-state index contributed by atoms with van der Waals surface area (Å²) in [5.74, 6) is -0.601. The van der Waals surface area contributed by atoms with Gasteiger partial charge in [0.15, 0.2) is 6.04 Å². The number of aliphatic imine (C=N–C) groups is 1. The van der Waals surface area contributed by atoms with Crippen LogP contribution in [0.1, 0.15) is 10.6 Å². The molecular formula is C18H13N3O7S3. The van der Waals surface area contributed by atoms with Crippen LogP contribution in [0.15, 0.2) is 46.3 Å². The van der Waals surface area contributed by atoms with Gasteiger partial charge < -0.3 is 9.29 Å². The van der Waals surface area contributed by atoms with Gasteiger partial charge in [0.2, 0.25) is 0 Å². The maximum Gasteiger partial charge on any atom is 0.339 e. The first-order valence-corrected chi connectivity index (χ1v) is 11.9. The fraction of sp³-hybridized carbons (Fsp3) is 0.167. The molecule has 0 aliphatic carbocycles. The summed E-state index contributed by atoms with van der Waals surface area (Å²) in [5.41, 5.74) is 0.611. The van der Waals surface area contributed by atoms with Crippen molar-refractivity contribution in [3.05, 3.63) is 57.1 Å². The minimum atomic E-state index is -4.20. The lowest BCUT2D eigenvalue weighted by Crippen LogP contribution is -2.17. The highest BCUT2D eigenvalue weighted by atomic mass is 32.2. The first-order valence-electron chi connectivity index (χ1n) is 8.68. The van der Waals surface area contributed by atoms with Gasteiger partial charge >= 0.3 is 16.1 Å². The number of fused-ring (bicyclic) bond motifs is 1. The number of aliphatic carboxylic acids is 1. The van der Waals surface area contributed by atoms with Crippen LogP contribution in [0, 0.1) is 17.0 Å². The normalized spacial score (nSPS) is 16.3. The zero-order valence-electron chi connectivity index (χ0n) is 15.7. The van der Waals surface area contributed by atoms with E-state index in [4.69, 9.17) is 9.29 Å². The summed E-state index contributed by atoms with van der Waals surface area (Å²) < 4.78 is 31.1. The third-order valence-electron chi connectivity index (χ3n) is 4.34. The SMILES string of the molecule is Cc1cc(S(=O)(=O)Oc2ccc3nc(C4=N[C@@H](C(=O)O)CS4)sc3c2)ccc1[N+](=O)[O-]. The second-order valence-electron chi connectivity index (χ2n) is 6.49. The van der Waals surface area contributed by atoms with Crippen LogP contribution in [0.2, 0.25) is 0 Å². The van der Waals surface area contributed by atoms with Crippen LogP contribution >= 0.6 is 23.1 Å². The molecule has 1 aliphatic rings. The Kier molecular flexibility index (Phi) is 5.41. The summed E-state index contributed by atoms with van der Waals surface area (Å²) in [6.07, 6.45) is 0. The van der Waals surface area contributed by atoms with Crippen molar-refractivity contribution >= 4 is 60.1 Å². The van der Waals surface area contributed by atoms with Crippen LogP contribution in [-0.4, -0.2) is 46.2 Å². The first-order chi connectivity index (χ1) is 14.6. The van der Waals surface area contributed by atoms with E-state index in [1.54, 1.807) is 6.07 Å². The Morgan fingerprint density at radius 3 is 2.71 bits per heavy atom. The minimum absolute atomic E-state index is 0.0585. The predicted molar refractivity (Wildman–Crippen MR) is 116 cm³/mol. The molecule has 0 saturated carbocycles. The van der Waals surface area contributed by atoms with E-state index in [0.29, 0.717) is 26.0 Å². The molecule has 13 heteroatoms. The molecule has 0 spiro atoms. The number of nitro benzene ring substituents is 1. The number of aryl methyl sites for hydroxylation is 1. The number of nitrogens with zero attached hydrogens (tertiary/aromatic N) is 3. The number of benzene rings is 2. The molecule has 4 rings (SSSR count). The summed E-state index contributed by atoms with van der Waals surface area (Å²) in [7, 11) is -4.20. The van der Waals surface area contributed by atoms with Gasteiger partial charge in [-0.05, 0) is 31.2 Å². The summed E-state index contributed by atoms with van der Waals surface area (Å²) in [6.45, 7) is 1.45. The number of rotatable bonds is 6. The van der Waals surface area contributed by atoms with Crippen molar-refractivity contribution < 1.29 is 27.4 Å². The van der Waals surface area contributed by atoms with Gasteiger partial charge in [-0.25, -0.2) is 9.78 Å². The molecule has 160 valence electrons. The van der Waals surface area contributed by atoms with E-state index in [9.17, 15) is 23.3 Å². The average molecular weight is 480 g/mol. The molecule has 0 fully saturated rings. The van der Waals surface area contributed by atoms with Gasteiger partial charge in [0, 0.05) is 23.4 Å². The van der Waals surface area contributed by atoms with Crippen molar-refractivity contribution in [2.24, 2.45) is 4.99 Å². The topological polar surface area (TPSA) is 149 Å². The quantitative estimate of drug-likeness (QED) is 0.319. The van der Waals surface area contributed by atoms with E-state index in [0.717, 1.165) is 12.1 Å². The van der Waals surface area contributed by atoms with Crippen LogP contribution in [0.5, 0.6) is 5.75 Å². The van der Waals surface area contributed by atoms with E-state index in [1.165, 1.54) is 48.2 Å². The van der Waals surface area contributed by atoms with Gasteiger partial charge in [-0.15, -0.1) is 23.1 Å². The van der Waals surface area contributed by atoms with Crippen molar-refractivity contribution in [2.45, 2.75) is 17.9 Å². The second kappa shape index (κ2) is 7.90. The fourth-order valence-corrected chi connectivity index (χ4v) is 5.93. The Hall–Kier alpha value is -3.03. The Morgan fingerprint density at radius 2 is 2.06 bits per heavy atom. The molecule has 31 heavy (non-hydrogen) atoms. The molecule has 0 bridgehead atoms. The highest BCUT2D eigenvalue weighted by molar-refractivity contribution is 8.15. The van der Waals surface area contributed by atoms with Gasteiger partial charge in [0.05, 0.1) is 15.1 Å². The summed E-state index contributed by atoms with van der Waals surface area (Å²) in [6, 6.07) is 7.18. The molecule has 10 nitrogen and oxygen atoms in total. The Labute approximate surface area is 183 Å². The molecule has 2 heterocycles. The molecule has 0 saturated heterocycles. The van der Waals surface area contributed by atoms with Crippen molar-refractivity contribution in [1.82, 2.24) is 4.98 Å². The second-order valence-corrected chi connectivity index (χ2v) is 10.1. The third kappa shape index (κ3) is 4.24. The average Bonchev–Trinajstić information content (AvgIpc) is 3.34. The highest BCUT2D eigenvalue weighted by Crippen LogP contribution is 2.32. The highest BCUT2D eigenvalue weighted by Gasteiger charge is 2.27. The van der Waals surface area contributed by atoms with Gasteiger partial charge in [-0.1, -0.05) is 0 Å². The Morgan fingerprint density at radius 1 is 1.29 bits per heavy atom. The van der Waals surface area contributed by atoms with Crippen molar-refractivity contribution in [3.8, 4) is 5.75 Å². The molecule has 1 atom stereocenters. The minimum Gasteiger partial charge on any atom is -0.480 e. The largest absolute Gasteiger partial charge is 0.480 e. The van der Waals surface area contributed by atoms with Crippen LogP contribution in [0.25, 0.3) is 10.2 Å². The molecule has 0 radical (unpaired) electrons. The first kappa shape index (κ1) is 21.2. The number of carboxylic acids is 1. The number of thioether (sulfide) groups is 1. The maximum absolute atomic E-state index is 12.6. The number of carboxylic acid groups (broad SMARTS) is 1. The van der Waals surface area contributed by atoms with Gasteiger partial charge in [0.1, 0.15) is 20.7 Å². The fourth-order valence-electron chi connectivity index (χ4n) is 2.83. The number of hydrogen-bond donors (Lipinski definition) is 1. The molecule has 1 aliphatic heterocycles. The van der Waals surface area contributed by atoms with Crippen molar-refractivity contribution in [3.63, 3.8) is 0 Å². The zero-order chi connectivity index (χ0) is 22.3. The van der Waals surface area contributed by atoms with Crippen LogP contribution < -0.4 is 4.18 Å². The molecule has 3 aromatic rings. The van der Waals surface area contributed by atoms with Gasteiger partial charge in [0.25, 0.3) is 5.69 Å². The molecule has 2 aromatic carbocycles. The number of aromatic nitrogens is 1. The van der Waals surface area contributed by atoms with E-state index in [-0.39, 0.29) is 21.9 Å². The zero-order valence-corrected chi connectivity index (χ0v) is 18.2. The number of thiazole rings is 1. The maximum atomic E-state index is 12.6. The van der Waals surface area contributed by atoms with E-state index < -0.39 is 27.1 Å². The molecular weight excluding hydrogens is 466 g/mol. The predicted octanol–water partition coefficient (Wildman–Crippen LogP) is 3.23. The van der Waals surface area contributed by atoms with E-state index >= 15 is 0 Å². The molecule has 1 aromatic heterocycles. The third-order valence-corrected chi connectivity index (χ3v) is 7.79. The lowest BCUT2D eigenvalue weighted by molar-refractivity contribution is -0.385. The van der Waals surface area contributed by atoms with Crippen molar-refractivity contribution in [2.75, 3.05) is 5.75 Å². The lowest BCUT2D eigenvalue weighted by Gasteiger charge is -2.08. The lowest BCUT2D eigenvalue weighted by atomic mass is 10.2. The van der Waals surface area contributed by atoms with E-state index in [2.05, 4.69) is 9.98 Å². The summed E-state index contributed by atoms with van der Waals surface area (Å²) in [4.78, 5) is 29.8. The van der Waals surface area contributed by atoms with Gasteiger partial charge in [-0.3, -0.25) is 15.1 Å². The van der Waals surface area contributed by atoms with Crippen LogP contribution in [0.3, 0.4) is 0 Å². The Balaban J connectivity index is 1.60. The van der Waals surface area contributed by atoms with Crippen molar-refractivity contribution in [1.29, 1.82) is 0 Å². The standard InChI is InChI=1S/C18H13N3O7S3/c1-9-6-11(3-5-14(9)21(24)25)31(26,27)28-10-2-4-12-15(7-10)30-17(19-12)16-20-13(8-29-16)18(22)23/h2-7,13H,8H2,1H3,(H,22,23)/t13-/m1/s1. The molecule has 0 amide bonds. The molecule has 1 N–H and O–H groups in total. The number of nitro groups is 1. The van der Waals surface area contributed by atoms with Crippen LogP contribution in [0.4, 0.5) is 5.69 Å². The summed E-state index contributed by atoms with van der Waals surface area (Å²) in [5, 5.41) is 21.1. The number of hydrogen-bond acceptors (Lipinski definition) is 10. The van der Waals surface area contributed by atoms with Gasteiger partial charge in [-0.2, -0.15) is 8.42 Å². The summed E-state index contributed by atoms with van der Waals surface area (Å²) >= 11 is 2.55. The van der Waals surface area contributed by atoms with E-state index in [1.807, 2.05) is 0 Å². The smallest absolute Gasteiger partial charge is 0.339 e. The monoisotopic (exact) mass is 479 g/mol. The molecule has 0 unspecified atom stereocenters.